The van der Waals surface area contributed by atoms with Gasteiger partial charge >= 0.3 is 5.97 Å². The molecule has 0 aliphatic heterocycles. The lowest BCUT2D eigenvalue weighted by Crippen LogP contribution is -2.10. The van der Waals surface area contributed by atoms with E-state index in [0.29, 0.717) is 23.7 Å². The van der Waals surface area contributed by atoms with Crippen molar-refractivity contribution in [3.63, 3.8) is 0 Å². The van der Waals surface area contributed by atoms with Crippen LogP contribution in [0.3, 0.4) is 0 Å². The van der Waals surface area contributed by atoms with Crippen molar-refractivity contribution in [2.45, 2.75) is 6.92 Å². The molecule has 0 aliphatic rings. The van der Waals surface area contributed by atoms with Crippen molar-refractivity contribution in [3.8, 4) is 11.3 Å². The third-order valence-corrected chi connectivity index (χ3v) is 4.26. The van der Waals surface area contributed by atoms with E-state index in [4.69, 9.17) is 9.15 Å². The molecule has 2 aromatic carbocycles. The molecule has 140 valence electrons. The zero-order valence-corrected chi connectivity index (χ0v) is 15.2. The molecule has 2 heterocycles. The topological polar surface area (TPSA) is 84.3 Å². The maximum atomic E-state index is 12.5. The molecule has 0 aliphatic carbocycles. The standard InChI is InChI=1S/C22H18N2O4/c1-2-27-22(26)18-13-15-12-16(8-9-17(15)24-18)23-21(25)20-11-10-19(28-20)14-6-4-3-5-7-14/h3-13,24H,2H2,1H3,(H,23,25). The van der Waals surface area contributed by atoms with Crippen LogP contribution >= 0.6 is 0 Å². The monoisotopic (exact) mass is 374 g/mol. The van der Waals surface area contributed by atoms with Crippen LogP contribution in [-0.2, 0) is 4.74 Å². The molecule has 0 unspecified atom stereocenters. The minimum atomic E-state index is -0.409. The minimum Gasteiger partial charge on any atom is -0.461 e. The second-order valence-electron chi connectivity index (χ2n) is 6.19. The molecule has 2 N–H and O–H groups in total. The van der Waals surface area contributed by atoms with E-state index in [1.807, 2.05) is 30.3 Å². The van der Waals surface area contributed by atoms with Gasteiger partial charge in [-0.25, -0.2) is 4.79 Å². The van der Waals surface area contributed by atoms with Gasteiger partial charge in [0.1, 0.15) is 11.5 Å². The first-order valence-electron chi connectivity index (χ1n) is 8.90. The number of aromatic nitrogens is 1. The number of amides is 1. The second kappa shape index (κ2) is 7.44. The number of nitrogens with one attached hydrogen (secondary N) is 2. The average Bonchev–Trinajstić information content (AvgIpc) is 3.36. The van der Waals surface area contributed by atoms with Crippen LogP contribution in [0.4, 0.5) is 5.69 Å². The number of carbonyl (C=O) groups excluding carboxylic acids is 2. The molecule has 0 atom stereocenters. The Morgan fingerprint density at radius 2 is 1.86 bits per heavy atom. The maximum Gasteiger partial charge on any atom is 0.354 e. The Morgan fingerprint density at radius 3 is 2.64 bits per heavy atom. The lowest BCUT2D eigenvalue weighted by molar-refractivity contribution is 0.0520. The number of H-pyrrole nitrogens is 1. The number of hydrogen-bond donors (Lipinski definition) is 2. The van der Waals surface area contributed by atoms with Gasteiger partial charge in [0.25, 0.3) is 5.91 Å². The molecular weight excluding hydrogens is 356 g/mol. The summed E-state index contributed by atoms with van der Waals surface area (Å²) in [6.07, 6.45) is 0. The Labute approximate surface area is 161 Å². The lowest BCUT2D eigenvalue weighted by Gasteiger charge is -2.03. The Bertz CT molecular complexity index is 1140. The summed E-state index contributed by atoms with van der Waals surface area (Å²) in [4.78, 5) is 27.4. The normalized spacial score (nSPS) is 10.8. The first kappa shape index (κ1) is 17.6. The molecule has 0 radical (unpaired) electrons. The summed E-state index contributed by atoms with van der Waals surface area (Å²) in [5.74, 6) is 0.0992. The van der Waals surface area contributed by atoms with Crippen molar-refractivity contribution in [1.29, 1.82) is 0 Å². The van der Waals surface area contributed by atoms with E-state index in [1.165, 1.54) is 0 Å². The third kappa shape index (κ3) is 3.53. The molecule has 0 saturated heterocycles. The molecule has 2 aromatic heterocycles. The Hall–Kier alpha value is -3.80. The Balaban J connectivity index is 1.52. The highest BCUT2D eigenvalue weighted by Crippen LogP contribution is 2.24. The number of rotatable bonds is 5. The molecule has 4 rings (SSSR count). The van der Waals surface area contributed by atoms with Crippen molar-refractivity contribution >= 4 is 28.5 Å². The van der Waals surface area contributed by atoms with Crippen molar-refractivity contribution in [3.05, 3.63) is 78.2 Å². The molecule has 4 aromatic rings. The zero-order chi connectivity index (χ0) is 19.5. The van der Waals surface area contributed by atoms with Gasteiger partial charge in [-0.1, -0.05) is 30.3 Å². The van der Waals surface area contributed by atoms with E-state index < -0.39 is 5.97 Å². The molecular formula is C22H18N2O4. The number of benzene rings is 2. The quantitative estimate of drug-likeness (QED) is 0.489. The summed E-state index contributed by atoms with van der Waals surface area (Å²) >= 11 is 0. The van der Waals surface area contributed by atoms with Crippen molar-refractivity contribution in [2.75, 3.05) is 11.9 Å². The third-order valence-electron chi connectivity index (χ3n) is 4.26. The van der Waals surface area contributed by atoms with Gasteiger partial charge in [0.15, 0.2) is 5.76 Å². The number of fused-ring (bicyclic) bond motifs is 1. The van der Waals surface area contributed by atoms with Crippen molar-refractivity contribution in [1.82, 2.24) is 4.98 Å². The molecule has 0 bridgehead atoms. The van der Waals surface area contributed by atoms with Gasteiger partial charge < -0.3 is 19.5 Å². The number of carbonyl (C=O) groups is 2. The van der Waals surface area contributed by atoms with Gasteiger partial charge in [-0.05, 0) is 43.3 Å². The van der Waals surface area contributed by atoms with E-state index in [-0.39, 0.29) is 11.7 Å². The lowest BCUT2D eigenvalue weighted by atomic mass is 10.2. The van der Waals surface area contributed by atoms with E-state index in [9.17, 15) is 9.59 Å². The van der Waals surface area contributed by atoms with Crippen molar-refractivity contribution in [2.24, 2.45) is 0 Å². The summed E-state index contributed by atoms with van der Waals surface area (Å²) in [6.45, 7) is 2.07. The van der Waals surface area contributed by atoms with E-state index in [2.05, 4.69) is 10.3 Å². The zero-order valence-electron chi connectivity index (χ0n) is 15.2. The smallest absolute Gasteiger partial charge is 0.354 e. The number of anilines is 1. The predicted octanol–water partition coefficient (Wildman–Crippen LogP) is 4.86. The predicted molar refractivity (Wildman–Crippen MR) is 106 cm³/mol. The highest BCUT2D eigenvalue weighted by atomic mass is 16.5. The fraction of sp³-hybridized carbons (Fsp3) is 0.0909. The van der Waals surface area contributed by atoms with Crippen LogP contribution in [-0.4, -0.2) is 23.5 Å². The van der Waals surface area contributed by atoms with Gasteiger partial charge in [0.2, 0.25) is 0 Å². The Kier molecular flexibility index (Phi) is 4.68. The summed E-state index contributed by atoms with van der Waals surface area (Å²) < 4.78 is 10.7. The summed E-state index contributed by atoms with van der Waals surface area (Å²) in [7, 11) is 0. The molecule has 1 amide bonds. The van der Waals surface area contributed by atoms with Gasteiger partial charge in [0, 0.05) is 22.2 Å². The van der Waals surface area contributed by atoms with Gasteiger partial charge in [-0.2, -0.15) is 0 Å². The van der Waals surface area contributed by atoms with Crippen LogP contribution in [0.25, 0.3) is 22.2 Å². The summed E-state index contributed by atoms with van der Waals surface area (Å²) in [5, 5.41) is 3.61. The van der Waals surface area contributed by atoms with Gasteiger partial charge in [0.05, 0.1) is 6.61 Å². The van der Waals surface area contributed by atoms with E-state index in [1.54, 1.807) is 43.3 Å². The fourth-order valence-electron chi connectivity index (χ4n) is 2.94. The Morgan fingerprint density at radius 1 is 1.04 bits per heavy atom. The van der Waals surface area contributed by atoms with E-state index >= 15 is 0 Å². The van der Waals surface area contributed by atoms with Crippen molar-refractivity contribution < 1.29 is 18.7 Å². The van der Waals surface area contributed by atoms with Crippen LogP contribution in [0.15, 0.2) is 71.1 Å². The maximum absolute atomic E-state index is 12.5. The second-order valence-corrected chi connectivity index (χ2v) is 6.19. The minimum absolute atomic E-state index is 0.222. The molecule has 28 heavy (non-hydrogen) atoms. The van der Waals surface area contributed by atoms with Gasteiger partial charge in [-0.15, -0.1) is 0 Å². The molecule has 6 heteroatoms. The summed E-state index contributed by atoms with van der Waals surface area (Å²) in [5.41, 5.74) is 2.66. The number of hydrogen-bond acceptors (Lipinski definition) is 4. The molecule has 6 nitrogen and oxygen atoms in total. The molecule has 0 saturated carbocycles. The molecule has 0 spiro atoms. The largest absolute Gasteiger partial charge is 0.461 e. The van der Waals surface area contributed by atoms with Crippen LogP contribution in [0, 0.1) is 0 Å². The number of aromatic amines is 1. The molecule has 0 fully saturated rings. The van der Waals surface area contributed by atoms with Crippen LogP contribution in [0.1, 0.15) is 28.0 Å². The fourth-order valence-corrected chi connectivity index (χ4v) is 2.94. The summed E-state index contributed by atoms with van der Waals surface area (Å²) in [6, 6.07) is 20.0. The average molecular weight is 374 g/mol. The first-order chi connectivity index (χ1) is 13.6. The van der Waals surface area contributed by atoms with E-state index in [0.717, 1.165) is 16.5 Å². The van der Waals surface area contributed by atoms with Gasteiger partial charge in [-0.3, -0.25) is 4.79 Å². The number of furan rings is 1. The van der Waals surface area contributed by atoms with Crippen LogP contribution in [0.2, 0.25) is 0 Å². The SMILES string of the molecule is CCOC(=O)c1cc2cc(NC(=O)c3ccc(-c4ccccc4)o3)ccc2[nH]1. The first-order valence-corrected chi connectivity index (χ1v) is 8.90. The van der Waals surface area contributed by atoms with Crippen LogP contribution in [0.5, 0.6) is 0 Å². The number of esters is 1. The highest BCUT2D eigenvalue weighted by Gasteiger charge is 2.14. The highest BCUT2D eigenvalue weighted by molar-refractivity contribution is 6.04. The number of ether oxygens (including phenoxy) is 1. The van der Waals surface area contributed by atoms with Crippen LogP contribution < -0.4 is 5.32 Å².